The third-order valence-electron chi connectivity index (χ3n) is 7.41. The van der Waals surface area contributed by atoms with Gasteiger partial charge in [-0.05, 0) is 69.9 Å². The van der Waals surface area contributed by atoms with E-state index < -0.39 is 21.9 Å². The predicted molar refractivity (Wildman–Crippen MR) is 153 cm³/mol. The van der Waals surface area contributed by atoms with E-state index >= 15 is 0 Å². The van der Waals surface area contributed by atoms with Crippen molar-refractivity contribution in [1.29, 1.82) is 0 Å². The van der Waals surface area contributed by atoms with Gasteiger partial charge >= 0.3 is 5.97 Å². The number of hydrogen-bond donors (Lipinski definition) is 1. The molecule has 38 heavy (non-hydrogen) atoms. The van der Waals surface area contributed by atoms with Gasteiger partial charge in [0, 0.05) is 42.7 Å². The van der Waals surface area contributed by atoms with Crippen molar-refractivity contribution in [2.75, 3.05) is 25.5 Å². The topological polar surface area (TPSA) is 96.0 Å². The van der Waals surface area contributed by atoms with Gasteiger partial charge in [-0.2, -0.15) is 4.31 Å². The molecule has 1 saturated carbocycles. The van der Waals surface area contributed by atoms with Gasteiger partial charge in [0.25, 0.3) is 5.91 Å². The predicted octanol–water partition coefficient (Wildman–Crippen LogP) is 5.32. The molecule has 2 heterocycles. The second kappa shape index (κ2) is 12.9. The van der Waals surface area contributed by atoms with E-state index in [1.807, 2.05) is 0 Å². The van der Waals surface area contributed by atoms with Crippen molar-refractivity contribution in [3.63, 3.8) is 0 Å². The van der Waals surface area contributed by atoms with Crippen LogP contribution < -0.4 is 5.32 Å². The van der Waals surface area contributed by atoms with Gasteiger partial charge < -0.3 is 10.1 Å². The Morgan fingerprint density at radius 1 is 1.16 bits per heavy atom. The van der Waals surface area contributed by atoms with Crippen LogP contribution in [0.25, 0.3) is 0 Å². The summed E-state index contributed by atoms with van der Waals surface area (Å²) in [4.78, 5) is 29.5. The van der Waals surface area contributed by atoms with Gasteiger partial charge in [0.2, 0.25) is 10.0 Å². The van der Waals surface area contributed by atoms with Crippen LogP contribution in [-0.4, -0.2) is 61.8 Å². The van der Waals surface area contributed by atoms with Crippen LogP contribution in [0.2, 0.25) is 0 Å². The summed E-state index contributed by atoms with van der Waals surface area (Å²) < 4.78 is 33.1. The summed E-state index contributed by atoms with van der Waals surface area (Å²) in [5, 5.41) is 3.38. The Kier molecular flexibility index (Phi) is 10.4. The summed E-state index contributed by atoms with van der Waals surface area (Å²) in [6.45, 7) is 7.86. The highest BCUT2D eigenvalue weighted by Gasteiger charge is 2.31. The lowest BCUT2D eigenvalue weighted by molar-refractivity contribution is 0.0526. The summed E-state index contributed by atoms with van der Waals surface area (Å²) in [6, 6.07) is 6.40. The average Bonchev–Trinajstić information content (AvgIpc) is 3.25. The van der Waals surface area contributed by atoms with E-state index in [-0.39, 0.29) is 30.0 Å². The molecule has 1 aliphatic carbocycles. The van der Waals surface area contributed by atoms with Gasteiger partial charge in [0.15, 0.2) is 0 Å². The molecule has 1 amide bonds. The number of fused-ring (bicyclic) bond motifs is 1. The molecular weight excluding hydrogens is 546 g/mol. The zero-order valence-electron chi connectivity index (χ0n) is 22.5. The Bertz CT molecular complexity index is 1240. The number of ether oxygens (including phenoxy) is 1. The molecule has 1 aromatic carbocycles. The molecule has 1 N–H and O–H groups in total. The molecule has 0 atom stereocenters. The van der Waals surface area contributed by atoms with Crippen molar-refractivity contribution in [2.45, 2.75) is 82.8 Å². The monoisotopic (exact) mass is 583 g/mol. The van der Waals surface area contributed by atoms with Crippen molar-refractivity contribution in [2.24, 2.45) is 0 Å². The molecule has 8 nitrogen and oxygen atoms in total. The van der Waals surface area contributed by atoms with Crippen LogP contribution in [0.15, 0.2) is 29.2 Å². The molecule has 4 rings (SSSR count). The molecule has 0 spiro atoms. The second-order valence-corrected chi connectivity index (χ2v) is 13.1. The summed E-state index contributed by atoms with van der Waals surface area (Å²) in [6.07, 6.45) is 5.69. The van der Waals surface area contributed by atoms with E-state index in [1.54, 1.807) is 14.0 Å². The van der Waals surface area contributed by atoms with E-state index in [0.29, 0.717) is 22.2 Å². The first-order chi connectivity index (χ1) is 17.6. The minimum atomic E-state index is -3.64. The number of carbonyl (C=O) groups excluding carboxylic acids is 2. The number of benzene rings is 1. The summed E-state index contributed by atoms with van der Waals surface area (Å²) >= 11 is 1.41. The lowest BCUT2D eigenvalue weighted by Gasteiger charge is -2.30. The molecule has 1 aromatic heterocycles. The Morgan fingerprint density at radius 2 is 1.82 bits per heavy atom. The number of thiophene rings is 1. The highest BCUT2D eigenvalue weighted by atomic mass is 35.5. The number of sulfonamides is 1. The number of anilines is 1. The van der Waals surface area contributed by atoms with Gasteiger partial charge in [-0.1, -0.05) is 19.3 Å². The van der Waals surface area contributed by atoms with Gasteiger partial charge in [-0.3, -0.25) is 9.69 Å². The maximum Gasteiger partial charge on any atom is 0.341 e. The third kappa shape index (κ3) is 6.42. The zero-order valence-corrected chi connectivity index (χ0v) is 24.9. The van der Waals surface area contributed by atoms with Crippen molar-refractivity contribution in [3.05, 3.63) is 45.8 Å². The number of esters is 1. The standard InChI is InChI=1S/C27H37N3O5S2.ClH/c1-5-35-27(32)24-22-15-16-30(18(2)3)17-23(22)36-26(24)28-25(31)19-11-13-21(14-12-19)37(33,34)29(4)20-9-7-6-8-10-20;/h11-14,18,20H,5-10,15-17H2,1-4H3,(H,28,31);1H. The Hall–Kier alpha value is -1.98. The average molecular weight is 584 g/mol. The summed E-state index contributed by atoms with van der Waals surface area (Å²) in [5.41, 5.74) is 1.71. The lowest BCUT2D eigenvalue weighted by atomic mass is 9.96. The van der Waals surface area contributed by atoms with Crippen molar-refractivity contribution < 1.29 is 22.7 Å². The van der Waals surface area contributed by atoms with Crippen LogP contribution in [-0.2, 0) is 27.7 Å². The number of amides is 1. The lowest BCUT2D eigenvalue weighted by Crippen LogP contribution is -2.38. The van der Waals surface area contributed by atoms with Gasteiger partial charge in [0.1, 0.15) is 5.00 Å². The quantitative estimate of drug-likeness (QED) is 0.423. The van der Waals surface area contributed by atoms with Crippen LogP contribution in [0, 0.1) is 0 Å². The Balaban J connectivity index is 0.00000400. The zero-order chi connectivity index (χ0) is 26.7. The molecule has 2 aromatic rings. The molecule has 1 aliphatic heterocycles. The number of hydrogen-bond acceptors (Lipinski definition) is 7. The first-order valence-corrected chi connectivity index (χ1v) is 15.3. The summed E-state index contributed by atoms with van der Waals surface area (Å²) in [7, 11) is -2.00. The minimum absolute atomic E-state index is 0. The molecule has 1 fully saturated rings. The molecular formula is C27H38ClN3O5S2. The van der Waals surface area contributed by atoms with E-state index in [1.165, 1.54) is 39.9 Å². The largest absolute Gasteiger partial charge is 0.462 e. The summed E-state index contributed by atoms with van der Waals surface area (Å²) in [5.74, 6) is -0.824. The van der Waals surface area contributed by atoms with Crippen molar-refractivity contribution in [1.82, 2.24) is 9.21 Å². The first kappa shape index (κ1) is 30.6. The normalized spacial score (nSPS) is 16.7. The van der Waals surface area contributed by atoms with Crippen molar-refractivity contribution in [3.8, 4) is 0 Å². The van der Waals surface area contributed by atoms with E-state index in [0.717, 1.165) is 62.1 Å². The molecule has 0 bridgehead atoms. The molecule has 0 radical (unpaired) electrons. The van der Waals surface area contributed by atoms with Gasteiger partial charge in [-0.15, -0.1) is 23.7 Å². The fraction of sp³-hybridized carbons (Fsp3) is 0.556. The maximum atomic E-state index is 13.1. The van der Waals surface area contributed by atoms with Crippen LogP contribution in [0.1, 0.15) is 84.0 Å². The van der Waals surface area contributed by atoms with Crippen molar-refractivity contribution >= 4 is 50.6 Å². The highest BCUT2D eigenvalue weighted by Crippen LogP contribution is 2.38. The second-order valence-electron chi connectivity index (χ2n) is 10.0. The van der Waals surface area contributed by atoms with E-state index in [4.69, 9.17) is 4.74 Å². The molecule has 0 saturated heterocycles. The van der Waals surface area contributed by atoms with Crippen LogP contribution in [0.3, 0.4) is 0 Å². The Labute approximate surface area is 236 Å². The maximum absolute atomic E-state index is 13.1. The van der Waals surface area contributed by atoms with Crippen LogP contribution in [0.5, 0.6) is 0 Å². The third-order valence-corrected chi connectivity index (χ3v) is 10.5. The SMILES string of the molecule is CCOC(=O)c1c(NC(=O)c2ccc(S(=O)(=O)N(C)C3CCCCC3)cc2)sc2c1CCN(C(C)C)C2.Cl. The minimum Gasteiger partial charge on any atom is -0.462 e. The number of nitrogens with one attached hydrogen (secondary N) is 1. The molecule has 11 heteroatoms. The molecule has 0 unspecified atom stereocenters. The number of carbonyl (C=O) groups is 2. The highest BCUT2D eigenvalue weighted by molar-refractivity contribution is 7.89. The van der Waals surface area contributed by atoms with Crippen LogP contribution >= 0.6 is 23.7 Å². The first-order valence-electron chi connectivity index (χ1n) is 13.1. The van der Waals surface area contributed by atoms with Gasteiger partial charge in [-0.25, -0.2) is 13.2 Å². The fourth-order valence-electron chi connectivity index (χ4n) is 5.13. The van der Waals surface area contributed by atoms with E-state index in [9.17, 15) is 18.0 Å². The molecule has 210 valence electrons. The fourth-order valence-corrected chi connectivity index (χ4v) is 7.80. The smallest absolute Gasteiger partial charge is 0.341 e. The number of rotatable bonds is 8. The van der Waals surface area contributed by atoms with E-state index in [2.05, 4.69) is 24.1 Å². The Morgan fingerprint density at radius 3 is 2.42 bits per heavy atom. The molecule has 2 aliphatic rings. The van der Waals surface area contributed by atoms with Crippen LogP contribution in [0.4, 0.5) is 5.00 Å². The number of nitrogens with zero attached hydrogens (tertiary/aromatic N) is 2. The number of halogens is 1. The van der Waals surface area contributed by atoms with Gasteiger partial charge in [0.05, 0.1) is 17.1 Å².